The Balaban J connectivity index is 1.35. The molecule has 2 saturated heterocycles. The van der Waals surface area contributed by atoms with E-state index in [0.29, 0.717) is 0 Å². The summed E-state index contributed by atoms with van der Waals surface area (Å²) in [5.41, 5.74) is 0. The first-order valence-corrected chi connectivity index (χ1v) is 10.8. The van der Waals surface area contributed by atoms with Crippen LogP contribution in [-0.4, -0.2) is 58.4 Å². The molecular formula is C21H31N5O2. The summed E-state index contributed by atoms with van der Waals surface area (Å²) in [6.45, 7) is 2.35. The van der Waals surface area contributed by atoms with Crippen molar-refractivity contribution in [3.05, 3.63) is 18.5 Å². The predicted octanol–water partition coefficient (Wildman–Crippen LogP) is 2.13. The van der Waals surface area contributed by atoms with Crippen molar-refractivity contribution in [1.82, 2.24) is 20.2 Å². The average Bonchev–Trinajstić information content (AvgIpc) is 3.25. The first kappa shape index (κ1) is 19.2. The summed E-state index contributed by atoms with van der Waals surface area (Å²) >= 11 is 0. The fraction of sp³-hybridized carbons (Fsp3) is 0.714. The lowest BCUT2D eigenvalue weighted by molar-refractivity contribution is -0.142. The molecule has 1 saturated carbocycles. The highest BCUT2D eigenvalue weighted by Crippen LogP contribution is 2.29. The van der Waals surface area contributed by atoms with Gasteiger partial charge in [-0.05, 0) is 44.6 Å². The molecule has 2 atom stereocenters. The molecule has 1 aromatic heterocycles. The molecule has 1 aromatic rings. The quantitative estimate of drug-likeness (QED) is 0.859. The van der Waals surface area contributed by atoms with Gasteiger partial charge in [-0.1, -0.05) is 19.3 Å². The molecule has 7 nitrogen and oxygen atoms in total. The maximum absolute atomic E-state index is 13.0. The minimum Gasteiger partial charge on any atom is -0.350 e. The van der Waals surface area contributed by atoms with Crippen LogP contribution in [-0.2, 0) is 9.59 Å². The summed E-state index contributed by atoms with van der Waals surface area (Å²) in [4.78, 5) is 38.6. The fourth-order valence-corrected chi connectivity index (χ4v) is 4.92. The van der Waals surface area contributed by atoms with Gasteiger partial charge >= 0.3 is 0 Å². The molecule has 2 aliphatic heterocycles. The maximum Gasteiger partial charge on any atom is 0.243 e. The molecule has 2 unspecified atom stereocenters. The fourth-order valence-electron chi connectivity index (χ4n) is 4.92. The van der Waals surface area contributed by atoms with E-state index < -0.39 is 0 Å². The second kappa shape index (κ2) is 8.88. The van der Waals surface area contributed by atoms with Crippen LogP contribution in [0.5, 0.6) is 0 Å². The van der Waals surface area contributed by atoms with Crippen LogP contribution in [0.25, 0.3) is 0 Å². The van der Waals surface area contributed by atoms with E-state index in [1.807, 2.05) is 11.0 Å². The molecule has 4 rings (SSSR count). The summed E-state index contributed by atoms with van der Waals surface area (Å²) in [5, 5.41) is 3.22. The Bertz CT molecular complexity index is 677. The van der Waals surface area contributed by atoms with Gasteiger partial charge in [0, 0.05) is 44.0 Å². The predicted molar refractivity (Wildman–Crippen MR) is 107 cm³/mol. The summed E-state index contributed by atoms with van der Waals surface area (Å²) in [6, 6.07) is 1.60. The number of hydrogen-bond donors (Lipinski definition) is 1. The highest BCUT2D eigenvalue weighted by Gasteiger charge is 2.38. The normalized spacial score (nSPS) is 26.3. The number of nitrogens with zero attached hydrogens (tertiary/aromatic N) is 4. The average molecular weight is 386 g/mol. The van der Waals surface area contributed by atoms with Crippen LogP contribution < -0.4 is 10.2 Å². The highest BCUT2D eigenvalue weighted by molar-refractivity contribution is 5.89. The molecule has 3 aliphatic rings. The van der Waals surface area contributed by atoms with Crippen LogP contribution in [0.2, 0.25) is 0 Å². The van der Waals surface area contributed by atoms with Gasteiger partial charge in [0.15, 0.2) is 0 Å². The van der Waals surface area contributed by atoms with Gasteiger partial charge in [-0.25, -0.2) is 9.97 Å². The third-order valence-electron chi connectivity index (χ3n) is 6.40. The highest BCUT2D eigenvalue weighted by atomic mass is 16.2. The van der Waals surface area contributed by atoms with Crippen molar-refractivity contribution in [2.24, 2.45) is 5.92 Å². The summed E-state index contributed by atoms with van der Waals surface area (Å²) in [5.74, 6) is 1.07. The zero-order valence-corrected chi connectivity index (χ0v) is 16.6. The Kier molecular flexibility index (Phi) is 6.07. The van der Waals surface area contributed by atoms with Crippen molar-refractivity contribution in [2.45, 2.75) is 69.9 Å². The molecule has 0 radical (unpaired) electrons. The van der Waals surface area contributed by atoms with Crippen LogP contribution in [0.4, 0.5) is 5.95 Å². The van der Waals surface area contributed by atoms with Crippen molar-refractivity contribution >= 4 is 17.8 Å². The van der Waals surface area contributed by atoms with Crippen LogP contribution in [0, 0.1) is 5.92 Å². The van der Waals surface area contributed by atoms with Crippen molar-refractivity contribution in [3.63, 3.8) is 0 Å². The van der Waals surface area contributed by atoms with Gasteiger partial charge in [0.25, 0.3) is 0 Å². The molecule has 0 spiro atoms. The summed E-state index contributed by atoms with van der Waals surface area (Å²) in [6.07, 6.45) is 12.6. The van der Waals surface area contributed by atoms with E-state index in [9.17, 15) is 9.59 Å². The second-order valence-electron chi connectivity index (χ2n) is 8.37. The lowest BCUT2D eigenvalue weighted by Crippen LogP contribution is -2.54. The lowest BCUT2D eigenvalue weighted by Gasteiger charge is -2.35. The SMILES string of the molecule is O=C(NC1CCCN(c2ncccn2)C1)C1CCCN1C(=O)C1CCCCC1. The van der Waals surface area contributed by atoms with Crippen LogP contribution in [0.15, 0.2) is 18.5 Å². The van der Waals surface area contributed by atoms with Gasteiger partial charge in [0.2, 0.25) is 17.8 Å². The van der Waals surface area contributed by atoms with E-state index in [1.54, 1.807) is 12.4 Å². The number of likely N-dealkylation sites (tertiary alicyclic amines) is 1. The Labute approximate surface area is 166 Å². The minimum atomic E-state index is -0.294. The standard InChI is InChI=1S/C21H31N5O2/c27-19(18-10-5-14-26(18)20(28)16-7-2-1-3-8-16)24-17-9-4-13-25(15-17)21-22-11-6-12-23-21/h6,11-12,16-18H,1-5,7-10,13-15H2,(H,24,27). The largest absolute Gasteiger partial charge is 0.350 e. The Morgan fingerprint density at radius 3 is 2.46 bits per heavy atom. The molecule has 3 fully saturated rings. The number of aromatic nitrogens is 2. The first-order valence-electron chi connectivity index (χ1n) is 10.8. The van der Waals surface area contributed by atoms with Gasteiger partial charge < -0.3 is 15.1 Å². The summed E-state index contributed by atoms with van der Waals surface area (Å²) in [7, 11) is 0. The van der Waals surface area contributed by atoms with Crippen molar-refractivity contribution in [1.29, 1.82) is 0 Å². The van der Waals surface area contributed by atoms with Crippen LogP contribution >= 0.6 is 0 Å². The number of anilines is 1. The number of carbonyl (C=O) groups excluding carboxylic acids is 2. The molecule has 1 aliphatic carbocycles. The molecule has 152 valence electrons. The monoisotopic (exact) mass is 385 g/mol. The molecule has 0 bridgehead atoms. The second-order valence-corrected chi connectivity index (χ2v) is 8.37. The topological polar surface area (TPSA) is 78.4 Å². The zero-order chi connectivity index (χ0) is 19.3. The molecular weight excluding hydrogens is 354 g/mol. The molecule has 0 aromatic carbocycles. The van der Waals surface area contributed by atoms with Crippen LogP contribution in [0.1, 0.15) is 57.8 Å². The smallest absolute Gasteiger partial charge is 0.243 e. The van der Waals surface area contributed by atoms with Gasteiger partial charge in [-0.15, -0.1) is 0 Å². The van der Waals surface area contributed by atoms with Gasteiger partial charge in [-0.3, -0.25) is 9.59 Å². The maximum atomic E-state index is 13.0. The Morgan fingerprint density at radius 2 is 1.68 bits per heavy atom. The van der Waals surface area contributed by atoms with Crippen molar-refractivity contribution in [2.75, 3.05) is 24.5 Å². The molecule has 2 amide bonds. The number of carbonyl (C=O) groups is 2. The number of hydrogen-bond acceptors (Lipinski definition) is 5. The van der Waals surface area contributed by atoms with Gasteiger partial charge in [0.05, 0.1) is 0 Å². The van der Waals surface area contributed by atoms with E-state index in [-0.39, 0.29) is 29.8 Å². The third kappa shape index (κ3) is 4.28. The number of amides is 2. The van der Waals surface area contributed by atoms with E-state index >= 15 is 0 Å². The molecule has 7 heteroatoms. The molecule has 3 heterocycles. The van der Waals surface area contributed by atoms with E-state index in [4.69, 9.17) is 0 Å². The third-order valence-corrected chi connectivity index (χ3v) is 6.40. The zero-order valence-electron chi connectivity index (χ0n) is 16.6. The number of rotatable bonds is 4. The van der Waals surface area contributed by atoms with E-state index in [0.717, 1.165) is 76.9 Å². The van der Waals surface area contributed by atoms with Crippen LogP contribution in [0.3, 0.4) is 0 Å². The van der Waals surface area contributed by atoms with E-state index in [1.165, 1.54) is 6.42 Å². The summed E-state index contributed by atoms with van der Waals surface area (Å²) < 4.78 is 0. The lowest BCUT2D eigenvalue weighted by atomic mass is 9.88. The number of nitrogens with one attached hydrogen (secondary N) is 1. The molecule has 1 N–H and O–H groups in total. The Morgan fingerprint density at radius 1 is 0.929 bits per heavy atom. The van der Waals surface area contributed by atoms with Gasteiger partial charge in [0.1, 0.15) is 6.04 Å². The van der Waals surface area contributed by atoms with Crippen molar-refractivity contribution in [3.8, 4) is 0 Å². The van der Waals surface area contributed by atoms with E-state index in [2.05, 4.69) is 20.2 Å². The van der Waals surface area contributed by atoms with Crippen molar-refractivity contribution < 1.29 is 9.59 Å². The number of piperidine rings is 1. The Hall–Kier alpha value is -2.18. The first-order chi connectivity index (χ1) is 13.7. The molecule has 28 heavy (non-hydrogen) atoms. The van der Waals surface area contributed by atoms with Gasteiger partial charge in [-0.2, -0.15) is 0 Å². The minimum absolute atomic E-state index is 0.0162.